The van der Waals surface area contributed by atoms with Gasteiger partial charge in [0.25, 0.3) is 0 Å². The van der Waals surface area contributed by atoms with Crippen molar-refractivity contribution in [3.63, 3.8) is 0 Å². The average Bonchev–Trinajstić information content (AvgIpc) is 2.39. The highest BCUT2D eigenvalue weighted by atomic mass is 127. The summed E-state index contributed by atoms with van der Waals surface area (Å²) in [7, 11) is 1.58. The molecule has 0 bridgehead atoms. The third kappa shape index (κ3) is 7.44. The van der Waals surface area contributed by atoms with Gasteiger partial charge in [0.1, 0.15) is 5.75 Å². The number of hydrogen-bond donors (Lipinski definition) is 2. The number of nitrogens with one attached hydrogen (secondary N) is 1. The molecule has 0 heterocycles. The number of ether oxygens (including phenoxy) is 1. The van der Waals surface area contributed by atoms with Gasteiger partial charge in [0.15, 0.2) is 5.96 Å². The molecule has 0 radical (unpaired) electrons. The molecule has 0 unspecified atom stereocenters. The van der Waals surface area contributed by atoms with E-state index < -0.39 is 0 Å². The minimum Gasteiger partial charge on any atom is -0.495 e. The predicted octanol–water partition coefficient (Wildman–Crippen LogP) is 3.84. The number of guanidine groups is 1. The van der Waals surface area contributed by atoms with E-state index in [0.717, 1.165) is 30.8 Å². The number of halogens is 2. The maximum Gasteiger partial charge on any atom is 0.193 e. The number of anilines is 1. The summed E-state index contributed by atoms with van der Waals surface area (Å²) in [6, 6.07) is 5.40. The number of methoxy groups -OCH3 is 1. The first-order valence-electron chi connectivity index (χ1n) is 6.06. The molecule has 0 saturated heterocycles. The van der Waals surface area contributed by atoms with Crippen molar-refractivity contribution >= 4 is 59.0 Å². The normalized spacial score (nSPS) is 10.8. The molecule has 0 amide bonds. The van der Waals surface area contributed by atoms with Crippen LogP contribution in [0.5, 0.6) is 5.75 Å². The number of unbranched alkanes of at least 4 members (excludes halogenated alkanes) is 1. The topological polar surface area (TPSA) is 59.6 Å². The molecule has 1 aromatic carbocycles. The summed E-state index contributed by atoms with van der Waals surface area (Å²) in [5.41, 5.74) is 6.60. The number of aliphatic imine (C=N–C) groups is 1. The number of hydrogen-bond acceptors (Lipinski definition) is 3. The van der Waals surface area contributed by atoms with Crippen LogP contribution in [0.1, 0.15) is 12.8 Å². The number of rotatable bonds is 7. The van der Waals surface area contributed by atoms with Gasteiger partial charge in [-0.05, 0) is 43.0 Å². The molecule has 0 atom stereocenters. The first-order chi connectivity index (χ1) is 9.17. The maximum absolute atomic E-state index is 6.03. The molecule has 20 heavy (non-hydrogen) atoms. The van der Waals surface area contributed by atoms with Crippen molar-refractivity contribution in [1.29, 1.82) is 0 Å². The Labute approximate surface area is 146 Å². The predicted molar refractivity (Wildman–Crippen MR) is 101 cm³/mol. The molecule has 0 aromatic heterocycles. The van der Waals surface area contributed by atoms with Gasteiger partial charge in [-0.2, -0.15) is 11.8 Å². The van der Waals surface area contributed by atoms with Crippen molar-refractivity contribution < 1.29 is 4.74 Å². The monoisotopic (exact) mass is 429 g/mol. The first kappa shape index (κ1) is 19.7. The summed E-state index contributed by atoms with van der Waals surface area (Å²) >= 11 is 7.87. The van der Waals surface area contributed by atoms with Gasteiger partial charge in [-0.15, -0.1) is 24.0 Å². The van der Waals surface area contributed by atoms with Crippen LogP contribution in [0.15, 0.2) is 23.2 Å². The zero-order chi connectivity index (χ0) is 14.1. The highest BCUT2D eigenvalue weighted by molar-refractivity contribution is 14.0. The summed E-state index contributed by atoms with van der Waals surface area (Å²) in [6.45, 7) is 0.739. The van der Waals surface area contributed by atoms with E-state index >= 15 is 0 Å². The van der Waals surface area contributed by atoms with Crippen LogP contribution in [0.4, 0.5) is 5.69 Å². The zero-order valence-electron chi connectivity index (χ0n) is 11.7. The second-order valence-corrected chi connectivity index (χ2v) is 5.33. The smallest absolute Gasteiger partial charge is 0.193 e. The number of nitrogens with two attached hydrogens (primary N) is 1. The van der Waals surface area contributed by atoms with Crippen LogP contribution < -0.4 is 15.8 Å². The van der Waals surface area contributed by atoms with Crippen molar-refractivity contribution in [3.05, 3.63) is 23.2 Å². The van der Waals surface area contributed by atoms with E-state index in [1.807, 2.05) is 17.8 Å². The number of benzene rings is 1. The third-order valence-electron chi connectivity index (χ3n) is 2.46. The fourth-order valence-electron chi connectivity index (χ4n) is 1.49. The minimum absolute atomic E-state index is 0. The van der Waals surface area contributed by atoms with E-state index in [9.17, 15) is 0 Å². The Morgan fingerprint density at radius 2 is 2.20 bits per heavy atom. The van der Waals surface area contributed by atoms with E-state index in [4.69, 9.17) is 22.1 Å². The standard InChI is InChI=1S/C13H20ClN3OS.HI/c1-18-12-6-5-10(9-11(12)14)17-13(15)16-7-3-4-8-19-2;/h5-6,9H,3-4,7-8H2,1-2H3,(H3,15,16,17);1H. The van der Waals surface area contributed by atoms with E-state index in [1.165, 1.54) is 0 Å². The molecule has 0 fully saturated rings. The third-order valence-corrected chi connectivity index (χ3v) is 3.46. The molecule has 0 spiro atoms. The molecule has 0 aliphatic carbocycles. The molecule has 0 aliphatic heterocycles. The molecule has 0 aliphatic rings. The van der Waals surface area contributed by atoms with Gasteiger partial charge in [-0.3, -0.25) is 4.99 Å². The molecule has 1 aromatic rings. The van der Waals surface area contributed by atoms with Crippen molar-refractivity contribution in [1.82, 2.24) is 0 Å². The van der Waals surface area contributed by atoms with Gasteiger partial charge in [0.2, 0.25) is 0 Å². The molecule has 0 saturated carbocycles. The van der Waals surface area contributed by atoms with Crippen molar-refractivity contribution in [2.45, 2.75) is 12.8 Å². The summed E-state index contributed by atoms with van der Waals surface area (Å²) in [6.07, 6.45) is 4.31. The van der Waals surface area contributed by atoms with Crippen LogP contribution in [0.3, 0.4) is 0 Å². The van der Waals surface area contributed by atoms with Crippen LogP contribution in [0.2, 0.25) is 5.02 Å². The maximum atomic E-state index is 6.03. The van der Waals surface area contributed by atoms with Crippen LogP contribution in [-0.2, 0) is 0 Å². The Kier molecular flexibility index (Phi) is 11.1. The van der Waals surface area contributed by atoms with E-state index in [2.05, 4.69) is 16.6 Å². The fourth-order valence-corrected chi connectivity index (χ4v) is 2.24. The summed E-state index contributed by atoms with van der Waals surface area (Å²) < 4.78 is 5.08. The largest absolute Gasteiger partial charge is 0.495 e. The van der Waals surface area contributed by atoms with Gasteiger partial charge >= 0.3 is 0 Å². The van der Waals surface area contributed by atoms with Crippen molar-refractivity contribution in [3.8, 4) is 5.75 Å². The lowest BCUT2D eigenvalue weighted by molar-refractivity contribution is 0.415. The quantitative estimate of drug-likeness (QED) is 0.299. The lowest BCUT2D eigenvalue weighted by Gasteiger charge is -2.08. The summed E-state index contributed by atoms with van der Waals surface area (Å²) in [5, 5.41) is 3.55. The summed E-state index contributed by atoms with van der Waals surface area (Å²) in [4.78, 5) is 4.26. The van der Waals surface area contributed by atoms with Gasteiger partial charge < -0.3 is 15.8 Å². The highest BCUT2D eigenvalue weighted by Crippen LogP contribution is 2.26. The average molecular weight is 430 g/mol. The lowest BCUT2D eigenvalue weighted by Crippen LogP contribution is -2.22. The van der Waals surface area contributed by atoms with Gasteiger partial charge in [0, 0.05) is 12.2 Å². The first-order valence-corrected chi connectivity index (χ1v) is 7.84. The SMILES string of the molecule is COc1ccc(NC(N)=NCCCCSC)cc1Cl.I. The number of thioether (sulfide) groups is 1. The second kappa shape index (κ2) is 11.3. The van der Waals surface area contributed by atoms with Gasteiger partial charge in [-0.25, -0.2) is 0 Å². The molecule has 7 heteroatoms. The van der Waals surface area contributed by atoms with Crippen molar-refractivity contribution in [2.75, 3.05) is 31.0 Å². The Balaban J connectivity index is 0.00000361. The molecular formula is C13H21ClIN3OS. The van der Waals surface area contributed by atoms with E-state index in [1.54, 1.807) is 19.2 Å². The van der Waals surface area contributed by atoms with Crippen LogP contribution in [0.25, 0.3) is 0 Å². The van der Waals surface area contributed by atoms with Gasteiger partial charge in [-0.1, -0.05) is 11.6 Å². The second-order valence-electron chi connectivity index (χ2n) is 3.94. The Bertz CT molecular complexity index is 432. The molecular weight excluding hydrogens is 409 g/mol. The Morgan fingerprint density at radius 3 is 2.80 bits per heavy atom. The minimum atomic E-state index is 0. The summed E-state index contributed by atoms with van der Waals surface area (Å²) in [5.74, 6) is 2.21. The molecule has 4 nitrogen and oxygen atoms in total. The Hall–Kier alpha value is -0.340. The number of nitrogens with zero attached hydrogens (tertiary/aromatic N) is 1. The Morgan fingerprint density at radius 1 is 1.45 bits per heavy atom. The van der Waals surface area contributed by atoms with E-state index in [-0.39, 0.29) is 24.0 Å². The fraction of sp³-hybridized carbons (Fsp3) is 0.462. The highest BCUT2D eigenvalue weighted by Gasteiger charge is 2.02. The molecule has 3 N–H and O–H groups in total. The molecule has 114 valence electrons. The lowest BCUT2D eigenvalue weighted by atomic mass is 10.3. The van der Waals surface area contributed by atoms with Crippen LogP contribution >= 0.6 is 47.3 Å². The van der Waals surface area contributed by atoms with Crippen molar-refractivity contribution in [2.24, 2.45) is 10.7 Å². The van der Waals surface area contributed by atoms with Gasteiger partial charge in [0.05, 0.1) is 12.1 Å². The zero-order valence-corrected chi connectivity index (χ0v) is 15.6. The molecule has 1 rings (SSSR count). The van der Waals surface area contributed by atoms with Crippen LogP contribution in [-0.4, -0.2) is 31.6 Å². The van der Waals surface area contributed by atoms with E-state index in [0.29, 0.717) is 16.7 Å². The van der Waals surface area contributed by atoms with Crippen LogP contribution in [0, 0.1) is 0 Å².